The molecular formula is C15H20NO2+. The van der Waals surface area contributed by atoms with Crippen molar-refractivity contribution in [1.29, 1.82) is 0 Å². The third-order valence-corrected chi connectivity index (χ3v) is 3.02. The van der Waals surface area contributed by atoms with E-state index in [9.17, 15) is 0 Å². The summed E-state index contributed by atoms with van der Waals surface area (Å²) in [5, 5.41) is 1.19. The number of fused-ring (bicyclic) bond motifs is 1. The lowest BCUT2D eigenvalue weighted by atomic mass is 10.1. The molecule has 0 radical (unpaired) electrons. The predicted octanol–water partition coefficient (Wildman–Crippen LogP) is 2.60. The first-order chi connectivity index (χ1) is 8.78. The standard InChI is InChI=1S/C15H20NO2/c1-4-16(5-2)13-9-7-12-8-10-15(17-6-3)18-14(12)11-13/h7-11H,4-6H2,1-3H3/q+1. The van der Waals surface area contributed by atoms with Gasteiger partial charge in [-0.1, -0.05) is 0 Å². The predicted molar refractivity (Wildman–Crippen MR) is 72.9 cm³/mol. The topological polar surface area (TPSA) is 25.4 Å². The Morgan fingerprint density at radius 2 is 1.78 bits per heavy atom. The van der Waals surface area contributed by atoms with E-state index in [1.807, 2.05) is 19.1 Å². The molecule has 3 heteroatoms. The molecule has 0 spiro atoms. The maximum absolute atomic E-state index is 5.73. The normalized spacial score (nSPS) is 10.6. The van der Waals surface area contributed by atoms with Crippen molar-refractivity contribution in [1.82, 2.24) is 4.58 Å². The van der Waals surface area contributed by atoms with Crippen LogP contribution in [-0.4, -0.2) is 19.7 Å². The minimum absolute atomic E-state index is 0.571. The molecule has 96 valence electrons. The molecule has 0 saturated heterocycles. The third-order valence-electron chi connectivity index (χ3n) is 3.02. The smallest absolute Gasteiger partial charge is 0.284 e. The zero-order valence-electron chi connectivity index (χ0n) is 11.3. The molecule has 0 bridgehead atoms. The molecular weight excluding hydrogens is 226 g/mol. The average molecular weight is 246 g/mol. The Morgan fingerprint density at radius 1 is 1.06 bits per heavy atom. The Morgan fingerprint density at radius 3 is 2.44 bits per heavy atom. The van der Waals surface area contributed by atoms with Gasteiger partial charge in [0.15, 0.2) is 0 Å². The zero-order chi connectivity index (χ0) is 13.0. The van der Waals surface area contributed by atoms with Gasteiger partial charge in [-0.25, -0.2) is 4.58 Å². The highest BCUT2D eigenvalue weighted by Crippen LogP contribution is 2.24. The van der Waals surface area contributed by atoms with Gasteiger partial charge in [0.1, 0.15) is 18.8 Å². The van der Waals surface area contributed by atoms with Gasteiger partial charge in [0.05, 0.1) is 12.7 Å². The molecule has 0 fully saturated rings. The van der Waals surface area contributed by atoms with E-state index in [0.717, 1.165) is 24.4 Å². The van der Waals surface area contributed by atoms with Gasteiger partial charge in [-0.3, -0.25) is 0 Å². The summed E-state index contributed by atoms with van der Waals surface area (Å²) in [6.45, 7) is 8.86. The molecule has 1 heterocycles. The van der Waals surface area contributed by atoms with Crippen LogP contribution in [0, 0.1) is 0 Å². The van der Waals surface area contributed by atoms with Crippen LogP contribution in [-0.2, 0) is 0 Å². The molecule has 2 aliphatic rings. The molecule has 0 saturated carbocycles. The van der Waals surface area contributed by atoms with Crippen molar-refractivity contribution in [3.8, 4) is 17.3 Å². The van der Waals surface area contributed by atoms with Gasteiger partial charge >= 0.3 is 0 Å². The Hall–Kier alpha value is -1.77. The molecule has 18 heavy (non-hydrogen) atoms. The molecule has 0 N–H and O–H groups in total. The van der Waals surface area contributed by atoms with Crippen LogP contribution in [0.5, 0.6) is 5.95 Å². The lowest BCUT2D eigenvalue weighted by Crippen LogP contribution is -2.29. The van der Waals surface area contributed by atoms with Crippen LogP contribution in [0.1, 0.15) is 20.8 Å². The molecule has 0 aromatic heterocycles. The average Bonchev–Trinajstić information content (AvgIpc) is 2.40. The van der Waals surface area contributed by atoms with Crippen LogP contribution in [0.3, 0.4) is 0 Å². The Labute approximate surface area is 108 Å². The van der Waals surface area contributed by atoms with Crippen molar-refractivity contribution in [2.45, 2.75) is 20.8 Å². The molecule has 1 aliphatic heterocycles. The summed E-state index contributed by atoms with van der Waals surface area (Å²) in [6.07, 6.45) is 0. The number of rotatable bonds is 4. The second-order valence-corrected chi connectivity index (χ2v) is 4.08. The van der Waals surface area contributed by atoms with Gasteiger partial charge in [0.2, 0.25) is 5.36 Å². The number of benzene rings is 1. The molecule has 2 rings (SSSR count). The number of nitrogens with zero attached hydrogens (tertiary/aromatic N) is 1. The summed E-state index contributed by atoms with van der Waals surface area (Å²) < 4.78 is 13.4. The maximum Gasteiger partial charge on any atom is 0.284 e. The first-order valence-corrected chi connectivity index (χ1v) is 6.53. The van der Waals surface area contributed by atoms with E-state index in [4.69, 9.17) is 9.15 Å². The van der Waals surface area contributed by atoms with Crippen LogP contribution in [0.2, 0.25) is 0 Å². The number of hydrogen-bond acceptors (Lipinski definition) is 2. The minimum atomic E-state index is 0.571. The van der Waals surface area contributed by atoms with Crippen molar-refractivity contribution in [3.63, 3.8) is 0 Å². The van der Waals surface area contributed by atoms with Crippen LogP contribution < -0.4 is 14.7 Å². The largest absolute Gasteiger partial charge is 0.465 e. The summed E-state index contributed by atoms with van der Waals surface area (Å²) in [4.78, 5) is 0. The van der Waals surface area contributed by atoms with Crippen molar-refractivity contribution in [3.05, 3.63) is 35.7 Å². The van der Waals surface area contributed by atoms with Gasteiger partial charge in [0.25, 0.3) is 5.95 Å². The lowest BCUT2D eigenvalue weighted by Gasteiger charge is -2.07. The molecule has 3 nitrogen and oxygen atoms in total. The quantitative estimate of drug-likeness (QED) is 0.775. The fraction of sp³-hybridized carbons (Fsp3) is 0.400. The Bertz CT molecular complexity index is 551. The Kier molecular flexibility index (Phi) is 4.03. The highest BCUT2D eigenvalue weighted by Gasteiger charge is 2.09. The SMILES string of the molecule is CCOc1ccc2ccc(=[N+](CC)CC)cc-2o1. The fourth-order valence-electron chi connectivity index (χ4n) is 2.05. The van der Waals surface area contributed by atoms with Gasteiger partial charge in [-0.05, 0) is 32.9 Å². The summed E-state index contributed by atoms with van der Waals surface area (Å²) in [5.41, 5.74) is 1.09. The molecule has 0 aromatic carbocycles. The van der Waals surface area contributed by atoms with E-state index >= 15 is 0 Å². The molecule has 1 aliphatic carbocycles. The van der Waals surface area contributed by atoms with Gasteiger partial charge in [-0.2, -0.15) is 0 Å². The van der Waals surface area contributed by atoms with Crippen molar-refractivity contribution >= 4 is 0 Å². The maximum atomic E-state index is 5.73. The molecule has 0 unspecified atom stereocenters. The summed E-state index contributed by atoms with van der Waals surface area (Å²) >= 11 is 0. The highest BCUT2D eigenvalue weighted by atomic mass is 16.6. The summed E-state index contributed by atoms with van der Waals surface area (Å²) in [6, 6.07) is 10.2. The van der Waals surface area contributed by atoms with Crippen molar-refractivity contribution < 1.29 is 9.15 Å². The zero-order valence-corrected chi connectivity index (χ0v) is 11.3. The van der Waals surface area contributed by atoms with Gasteiger partial charge in [0, 0.05) is 17.7 Å². The van der Waals surface area contributed by atoms with Crippen LogP contribution >= 0.6 is 0 Å². The second-order valence-electron chi connectivity index (χ2n) is 4.08. The summed E-state index contributed by atoms with van der Waals surface area (Å²) in [7, 11) is 0. The van der Waals surface area contributed by atoms with Crippen LogP contribution in [0.15, 0.2) is 34.7 Å². The lowest BCUT2D eigenvalue weighted by molar-refractivity contribution is 0.254. The first-order valence-electron chi connectivity index (χ1n) is 6.53. The highest BCUT2D eigenvalue weighted by molar-refractivity contribution is 5.58. The van der Waals surface area contributed by atoms with E-state index in [-0.39, 0.29) is 0 Å². The van der Waals surface area contributed by atoms with Crippen LogP contribution in [0.25, 0.3) is 11.3 Å². The van der Waals surface area contributed by atoms with E-state index in [2.05, 4.69) is 36.6 Å². The third kappa shape index (κ3) is 2.55. The number of ether oxygens (including phenoxy) is 1. The van der Waals surface area contributed by atoms with E-state index in [0.29, 0.717) is 12.6 Å². The number of hydrogen-bond donors (Lipinski definition) is 0. The molecule has 0 amide bonds. The van der Waals surface area contributed by atoms with E-state index in [1.165, 1.54) is 5.36 Å². The van der Waals surface area contributed by atoms with Crippen LogP contribution in [0.4, 0.5) is 0 Å². The van der Waals surface area contributed by atoms with Crippen molar-refractivity contribution in [2.24, 2.45) is 0 Å². The molecule has 0 aromatic rings. The second kappa shape index (κ2) is 5.71. The molecule has 0 atom stereocenters. The monoisotopic (exact) mass is 246 g/mol. The van der Waals surface area contributed by atoms with Crippen molar-refractivity contribution in [2.75, 3.05) is 19.7 Å². The van der Waals surface area contributed by atoms with E-state index in [1.54, 1.807) is 0 Å². The summed E-state index contributed by atoms with van der Waals surface area (Å²) in [5.74, 6) is 1.44. The Balaban J connectivity index is 2.56. The van der Waals surface area contributed by atoms with Gasteiger partial charge < -0.3 is 9.15 Å². The van der Waals surface area contributed by atoms with Gasteiger partial charge in [-0.15, -0.1) is 0 Å². The fourth-order valence-corrected chi connectivity index (χ4v) is 2.05. The van der Waals surface area contributed by atoms with E-state index < -0.39 is 0 Å². The first kappa shape index (κ1) is 12.7. The minimum Gasteiger partial charge on any atom is -0.465 e.